The summed E-state index contributed by atoms with van der Waals surface area (Å²) in [4.78, 5) is 17.3. The number of nitrogens with two attached hydrogens (primary N) is 1. The number of thioether (sulfide) groups is 1. The van der Waals surface area contributed by atoms with E-state index in [9.17, 15) is 13.2 Å². The maximum absolute atomic E-state index is 15.1. The molecule has 1 aliphatic carbocycles. The number of fused-ring (bicyclic) bond motifs is 2. The molecule has 0 radical (unpaired) electrons. The molecule has 1 saturated carbocycles. The van der Waals surface area contributed by atoms with Crippen LogP contribution >= 0.6 is 11.8 Å². The van der Waals surface area contributed by atoms with Gasteiger partial charge in [-0.15, -0.1) is 10.2 Å². The molecule has 1 aromatic carbocycles. The number of halogens is 4. The van der Waals surface area contributed by atoms with E-state index in [4.69, 9.17) is 14.9 Å². The molecule has 10 nitrogen and oxygen atoms in total. The van der Waals surface area contributed by atoms with Crippen molar-refractivity contribution in [2.75, 3.05) is 5.32 Å². The summed E-state index contributed by atoms with van der Waals surface area (Å²) >= 11 is 0.789. The Hall–Kier alpha value is -4.01. The molecule has 6 rings (SSSR count). The molecule has 39 heavy (non-hydrogen) atoms. The number of hydrogen-bond acceptors (Lipinski definition) is 11. The van der Waals surface area contributed by atoms with Crippen LogP contribution in [0.1, 0.15) is 30.7 Å². The zero-order valence-electron chi connectivity index (χ0n) is 20.5. The second-order valence-electron chi connectivity index (χ2n) is 9.40. The Morgan fingerprint density at radius 1 is 1.26 bits per heavy atom. The van der Waals surface area contributed by atoms with Crippen LogP contribution in [-0.4, -0.2) is 41.5 Å². The summed E-state index contributed by atoms with van der Waals surface area (Å²) in [6.07, 6.45) is 0.200. The molecule has 0 bridgehead atoms. The summed E-state index contributed by atoms with van der Waals surface area (Å²) in [7, 11) is 0. The summed E-state index contributed by atoms with van der Waals surface area (Å²) in [6.45, 7) is 3.14. The van der Waals surface area contributed by atoms with Gasteiger partial charge >= 0.3 is 0 Å². The predicted molar refractivity (Wildman–Crippen MR) is 134 cm³/mol. The van der Waals surface area contributed by atoms with E-state index in [1.807, 2.05) is 0 Å². The second-order valence-corrected chi connectivity index (χ2v) is 10.8. The van der Waals surface area contributed by atoms with Crippen molar-refractivity contribution >= 4 is 39.5 Å². The molecule has 4 heterocycles. The van der Waals surface area contributed by atoms with E-state index < -0.39 is 34.3 Å². The first-order valence-electron chi connectivity index (χ1n) is 11.7. The smallest absolute Gasteiger partial charge is 0.253 e. The lowest BCUT2D eigenvalue weighted by Gasteiger charge is -2.34. The molecule has 4 aromatic rings. The average molecular weight is 561 g/mol. The van der Waals surface area contributed by atoms with Crippen LogP contribution in [0.3, 0.4) is 0 Å². The summed E-state index contributed by atoms with van der Waals surface area (Å²) in [5.74, 6) is -2.00. The highest BCUT2D eigenvalue weighted by molar-refractivity contribution is 8.15. The van der Waals surface area contributed by atoms with Crippen molar-refractivity contribution in [3.63, 3.8) is 0 Å². The van der Waals surface area contributed by atoms with Crippen molar-refractivity contribution in [2.45, 2.75) is 43.6 Å². The molecule has 0 saturated heterocycles. The highest BCUT2D eigenvalue weighted by Crippen LogP contribution is 2.68. The zero-order chi connectivity index (χ0) is 27.5. The Morgan fingerprint density at radius 3 is 2.82 bits per heavy atom. The Morgan fingerprint density at radius 2 is 2.08 bits per heavy atom. The Bertz CT molecular complexity index is 1640. The number of aliphatic imine (C=N–C) groups is 1. The minimum absolute atomic E-state index is 0.00698. The molecule has 3 N–H and O–H groups in total. The number of hydrogen-bond donors (Lipinski definition) is 2. The van der Waals surface area contributed by atoms with Gasteiger partial charge in [0.15, 0.2) is 29.2 Å². The van der Waals surface area contributed by atoms with Gasteiger partial charge in [0.05, 0.1) is 22.0 Å². The van der Waals surface area contributed by atoms with Crippen LogP contribution in [0.2, 0.25) is 0 Å². The largest absolute Gasteiger partial charge is 0.466 e. The quantitative estimate of drug-likeness (QED) is 0.308. The summed E-state index contributed by atoms with van der Waals surface area (Å²) in [5.41, 5.74) is 5.05. The lowest BCUT2D eigenvalue weighted by molar-refractivity contribution is 0.123. The number of amidine groups is 1. The van der Waals surface area contributed by atoms with E-state index in [0.29, 0.717) is 16.9 Å². The van der Waals surface area contributed by atoms with Gasteiger partial charge in [0, 0.05) is 36.4 Å². The highest BCUT2D eigenvalue weighted by atomic mass is 32.2. The first kappa shape index (κ1) is 25.3. The average Bonchev–Trinajstić information content (AvgIpc) is 3.51. The van der Waals surface area contributed by atoms with Gasteiger partial charge in [0.1, 0.15) is 5.52 Å². The first-order valence-corrected chi connectivity index (χ1v) is 12.5. The number of pyridine rings is 1. The zero-order valence-corrected chi connectivity index (χ0v) is 21.3. The maximum Gasteiger partial charge on any atom is 0.253 e. The van der Waals surface area contributed by atoms with Gasteiger partial charge in [-0.05, 0) is 25.5 Å². The van der Waals surface area contributed by atoms with Crippen LogP contribution in [-0.2, 0) is 12.1 Å². The summed E-state index contributed by atoms with van der Waals surface area (Å²) in [6, 6.07) is 3.87. The number of ether oxygens (including phenoxy) is 1. The van der Waals surface area contributed by atoms with Crippen LogP contribution in [0.5, 0.6) is 5.88 Å². The standard InChI is InChI=1S/C24H20F4N8O2S/c1-10-35-36-17(38-10)9-37-16-8-31-19-14(33-16)3-4-30-20(19)32-11-5-12(18(26)13(25)6-11)23(2)15-7-24(15,21(27)28)39-22(29)34-23/h3-6,8,15,21H,7,9H2,1-2H3,(H2,29,34)(H,30,32)/t15-,23+,24-/m0/s1. The van der Waals surface area contributed by atoms with Crippen molar-refractivity contribution in [1.82, 2.24) is 25.1 Å². The number of aromatic nitrogens is 5. The molecule has 202 valence electrons. The fourth-order valence-electron chi connectivity index (χ4n) is 4.89. The normalized spacial score (nSPS) is 24.0. The van der Waals surface area contributed by atoms with E-state index in [1.165, 1.54) is 25.4 Å². The lowest BCUT2D eigenvalue weighted by Crippen LogP contribution is -2.39. The molecule has 3 aromatic heterocycles. The molecule has 1 aliphatic heterocycles. The van der Waals surface area contributed by atoms with Crippen LogP contribution in [0.15, 0.2) is 40.0 Å². The molecule has 3 atom stereocenters. The van der Waals surface area contributed by atoms with Gasteiger partial charge in [-0.25, -0.2) is 32.5 Å². The minimum Gasteiger partial charge on any atom is -0.466 e. The number of alkyl halides is 2. The number of rotatable bonds is 7. The first-order chi connectivity index (χ1) is 18.6. The molecular weight excluding hydrogens is 540 g/mol. The molecule has 0 amide bonds. The summed E-state index contributed by atoms with van der Waals surface area (Å²) in [5, 5.41) is 10.4. The highest BCUT2D eigenvalue weighted by Gasteiger charge is 2.71. The number of nitrogens with one attached hydrogen (secondary N) is 1. The molecule has 15 heteroatoms. The van der Waals surface area contributed by atoms with E-state index in [1.54, 1.807) is 13.0 Å². The van der Waals surface area contributed by atoms with E-state index in [2.05, 4.69) is 35.5 Å². The molecule has 0 spiro atoms. The number of nitrogens with zero attached hydrogens (tertiary/aromatic N) is 6. The third kappa shape index (κ3) is 4.30. The summed E-state index contributed by atoms with van der Waals surface area (Å²) < 4.78 is 67.1. The van der Waals surface area contributed by atoms with Crippen molar-refractivity contribution in [3.8, 4) is 5.88 Å². The van der Waals surface area contributed by atoms with Crippen molar-refractivity contribution in [3.05, 3.63) is 59.6 Å². The Labute approximate surface area is 222 Å². The molecule has 0 unspecified atom stereocenters. The number of aryl methyl sites for hydroxylation is 1. The minimum atomic E-state index is -2.70. The SMILES string of the molecule is Cc1nnc(COc2cnc3c(Nc4cc(F)c(F)c([C@@]5(C)N=C(N)S[C@@]6(C(F)F)C[C@@H]56)c4)nccc3n2)o1. The van der Waals surface area contributed by atoms with Crippen molar-refractivity contribution in [1.29, 1.82) is 0 Å². The monoisotopic (exact) mass is 560 g/mol. The van der Waals surface area contributed by atoms with Crippen LogP contribution in [0.25, 0.3) is 11.0 Å². The van der Waals surface area contributed by atoms with Crippen molar-refractivity contribution in [2.24, 2.45) is 16.6 Å². The van der Waals surface area contributed by atoms with Crippen LogP contribution in [0.4, 0.5) is 29.1 Å². The number of benzene rings is 1. The van der Waals surface area contributed by atoms with Gasteiger partial charge in [-0.2, -0.15) is 0 Å². The predicted octanol–water partition coefficient (Wildman–Crippen LogP) is 4.62. The fraction of sp³-hybridized carbons (Fsp3) is 0.333. The second kappa shape index (κ2) is 9.03. The van der Waals surface area contributed by atoms with Gasteiger partial charge in [-0.3, -0.25) is 4.99 Å². The van der Waals surface area contributed by atoms with Gasteiger partial charge in [0.25, 0.3) is 12.3 Å². The fourth-order valence-corrected chi connectivity index (χ4v) is 6.23. The third-order valence-corrected chi connectivity index (χ3v) is 8.13. The van der Waals surface area contributed by atoms with Gasteiger partial charge < -0.3 is 20.2 Å². The maximum atomic E-state index is 15.1. The molecular formula is C24H20F4N8O2S. The van der Waals surface area contributed by atoms with E-state index >= 15 is 4.39 Å². The third-order valence-electron chi connectivity index (χ3n) is 6.82. The van der Waals surface area contributed by atoms with Gasteiger partial charge in [-0.1, -0.05) is 11.8 Å². The van der Waals surface area contributed by atoms with Crippen LogP contribution in [0, 0.1) is 24.5 Å². The van der Waals surface area contributed by atoms with Crippen molar-refractivity contribution < 1.29 is 26.7 Å². The Balaban J connectivity index is 1.30. The van der Waals surface area contributed by atoms with Gasteiger partial charge in [0.2, 0.25) is 11.8 Å². The van der Waals surface area contributed by atoms with E-state index in [-0.39, 0.29) is 47.0 Å². The Kier molecular flexibility index (Phi) is 5.86. The lowest BCUT2D eigenvalue weighted by atomic mass is 9.85. The molecule has 2 aliphatic rings. The van der Waals surface area contributed by atoms with E-state index in [0.717, 1.165) is 17.8 Å². The topological polar surface area (TPSA) is 137 Å². The molecule has 1 fully saturated rings. The number of anilines is 2. The van der Waals surface area contributed by atoms with Crippen LogP contribution < -0.4 is 15.8 Å².